The van der Waals surface area contributed by atoms with Crippen LogP contribution in [0.1, 0.15) is 97.3 Å². The summed E-state index contributed by atoms with van der Waals surface area (Å²) in [6.45, 7) is 4.27. The maximum absolute atomic E-state index is 12.9. The van der Waals surface area contributed by atoms with Gasteiger partial charge in [0.15, 0.2) is 0 Å². The van der Waals surface area contributed by atoms with Gasteiger partial charge in [0, 0.05) is 25.0 Å². The van der Waals surface area contributed by atoms with Crippen molar-refractivity contribution in [2.45, 2.75) is 102 Å². The Kier molecular flexibility index (Phi) is 14.4. The van der Waals surface area contributed by atoms with Gasteiger partial charge >= 0.3 is 6.03 Å². The van der Waals surface area contributed by atoms with E-state index in [1.807, 2.05) is 6.92 Å². The normalized spacial score (nSPS) is 11.4. The molecule has 0 aliphatic rings. The van der Waals surface area contributed by atoms with E-state index < -0.39 is 16.1 Å². The Balaban J connectivity index is 2.48. The number of hydrogen-bond acceptors (Lipinski definition) is 4. The molecule has 0 saturated carbocycles. The van der Waals surface area contributed by atoms with Gasteiger partial charge < -0.3 is 0 Å². The second-order valence-corrected chi connectivity index (χ2v) is 10.9. The number of imide groups is 1. The third kappa shape index (κ3) is 10.5. The van der Waals surface area contributed by atoms with Gasteiger partial charge in [-0.1, -0.05) is 89.7 Å². The molecule has 0 bridgehead atoms. The molecule has 0 fully saturated rings. The molecule has 3 amide bonds. The summed E-state index contributed by atoms with van der Waals surface area (Å²) in [6.07, 6.45) is 13.8. The highest BCUT2D eigenvalue weighted by Gasteiger charge is 2.31. The highest BCUT2D eigenvalue weighted by molar-refractivity contribution is 7.89. The molecule has 0 aliphatic carbocycles. The number of urea groups is 1. The maximum Gasteiger partial charge on any atom is 0.340 e. The van der Waals surface area contributed by atoms with Crippen molar-refractivity contribution in [3.63, 3.8) is 0 Å². The second-order valence-electron chi connectivity index (χ2n) is 8.54. The average molecular weight is 501 g/mol. The third-order valence-corrected chi connectivity index (χ3v) is 7.71. The fourth-order valence-electron chi connectivity index (χ4n) is 3.66. The fraction of sp³-hybridized carbons (Fsp3) is 0.680. The zero-order valence-corrected chi connectivity index (χ0v) is 22.1. The van der Waals surface area contributed by atoms with Gasteiger partial charge in [-0.2, -0.15) is 0 Å². The predicted molar refractivity (Wildman–Crippen MR) is 135 cm³/mol. The van der Waals surface area contributed by atoms with Gasteiger partial charge in [0.2, 0.25) is 5.91 Å². The molecule has 1 aromatic rings. The number of carbonyl (C=O) groups is 2. The van der Waals surface area contributed by atoms with Crippen molar-refractivity contribution < 1.29 is 18.0 Å². The quantitative estimate of drug-likeness (QED) is 0.228. The van der Waals surface area contributed by atoms with E-state index in [-0.39, 0.29) is 23.8 Å². The topological polar surface area (TPSA) is 74.8 Å². The Hall–Kier alpha value is -1.60. The van der Waals surface area contributed by atoms with Crippen molar-refractivity contribution in [2.75, 3.05) is 13.6 Å². The monoisotopic (exact) mass is 500 g/mol. The average Bonchev–Trinajstić information content (AvgIpc) is 2.80. The predicted octanol–water partition coefficient (Wildman–Crippen LogP) is 7.02. The minimum atomic E-state index is -4.07. The summed E-state index contributed by atoms with van der Waals surface area (Å²) in [5.74, 6) is -0.323. The summed E-state index contributed by atoms with van der Waals surface area (Å²) in [5, 5.41) is 0.401. The number of nitrogens with zero attached hydrogens (tertiary/aromatic N) is 2. The third-order valence-electron chi connectivity index (χ3n) is 5.71. The standard InChI is InChI=1S/C25H41ClN2O4S/c1-4-6-7-8-9-10-11-12-13-14-15-16-24(29)28(21-5-2)25(30)27(3)33(31,32)23-19-17-22(26)18-20-23/h17-20H,4-16,21H2,1-3H3. The first-order chi connectivity index (χ1) is 15.8. The Bertz CT molecular complexity index is 812. The molecule has 0 N–H and O–H groups in total. The van der Waals surface area contributed by atoms with E-state index in [9.17, 15) is 18.0 Å². The van der Waals surface area contributed by atoms with Crippen LogP contribution in [0.3, 0.4) is 0 Å². The van der Waals surface area contributed by atoms with Crippen LogP contribution in [-0.4, -0.2) is 43.2 Å². The zero-order valence-electron chi connectivity index (χ0n) is 20.5. The first kappa shape index (κ1) is 29.4. The van der Waals surface area contributed by atoms with Crippen molar-refractivity contribution in [1.29, 1.82) is 0 Å². The molecule has 0 heterocycles. The number of benzene rings is 1. The van der Waals surface area contributed by atoms with E-state index >= 15 is 0 Å². The van der Waals surface area contributed by atoms with Crippen LogP contribution >= 0.6 is 11.6 Å². The SMILES string of the molecule is CCCCCCCCCCCCCC(=O)N(CCC)C(=O)N(C)S(=O)(=O)c1ccc(Cl)cc1. The minimum absolute atomic E-state index is 0.0444. The van der Waals surface area contributed by atoms with Crippen LogP contribution in [0.4, 0.5) is 4.79 Å². The summed E-state index contributed by atoms with van der Waals surface area (Å²) in [6, 6.07) is 4.78. The summed E-state index contributed by atoms with van der Waals surface area (Å²) >= 11 is 5.83. The van der Waals surface area contributed by atoms with E-state index in [4.69, 9.17) is 11.6 Å². The molecule has 0 radical (unpaired) electrons. The molecule has 0 spiro atoms. The fourth-order valence-corrected chi connectivity index (χ4v) is 4.89. The Morgan fingerprint density at radius 3 is 1.76 bits per heavy atom. The molecule has 1 aromatic carbocycles. The number of carbonyl (C=O) groups excluding carboxylic acids is 2. The van der Waals surface area contributed by atoms with Gasteiger partial charge in [-0.05, 0) is 37.1 Å². The van der Waals surface area contributed by atoms with E-state index in [0.29, 0.717) is 22.2 Å². The number of rotatable bonds is 16. The Morgan fingerprint density at radius 2 is 1.27 bits per heavy atom. The Morgan fingerprint density at radius 1 is 0.788 bits per heavy atom. The molecule has 0 unspecified atom stereocenters. The van der Waals surface area contributed by atoms with E-state index in [2.05, 4.69) is 6.92 Å². The molecule has 0 aliphatic heterocycles. The van der Waals surface area contributed by atoms with Crippen molar-refractivity contribution in [2.24, 2.45) is 0 Å². The number of amides is 3. The summed E-state index contributed by atoms with van der Waals surface area (Å²) in [4.78, 5) is 26.6. The smallest absolute Gasteiger partial charge is 0.274 e. The molecule has 0 aromatic heterocycles. The van der Waals surface area contributed by atoms with E-state index in [1.54, 1.807) is 0 Å². The first-order valence-corrected chi connectivity index (χ1v) is 14.2. The van der Waals surface area contributed by atoms with Crippen LogP contribution in [0.25, 0.3) is 0 Å². The number of hydrogen-bond donors (Lipinski definition) is 0. The number of unbranched alkanes of at least 4 members (excludes halogenated alkanes) is 10. The van der Waals surface area contributed by atoms with Crippen LogP contribution in [0.5, 0.6) is 0 Å². The van der Waals surface area contributed by atoms with Gasteiger partial charge in [-0.15, -0.1) is 0 Å². The molecular formula is C25H41ClN2O4S. The zero-order chi connectivity index (χ0) is 24.7. The second kappa shape index (κ2) is 16.1. The van der Waals surface area contributed by atoms with Crippen LogP contribution in [0, 0.1) is 0 Å². The lowest BCUT2D eigenvalue weighted by Gasteiger charge is -2.26. The van der Waals surface area contributed by atoms with Crippen LogP contribution in [0.15, 0.2) is 29.2 Å². The van der Waals surface area contributed by atoms with Gasteiger partial charge in [-0.3, -0.25) is 9.69 Å². The van der Waals surface area contributed by atoms with Crippen molar-refractivity contribution in [3.05, 3.63) is 29.3 Å². The molecule has 0 saturated heterocycles. The van der Waals surface area contributed by atoms with Gasteiger partial charge in [-0.25, -0.2) is 17.5 Å². The van der Waals surface area contributed by atoms with E-state index in [1.165, 1.54) is 82.7 Å². The highest BCUT2D eigenvalue weighted by atomic mass is 35.5. The first-order valence-electron chi connectivity index (χ1n) is 12.3. The van der Waals surface area contributed by atoms with Gasteiger partial charge in [0.05, 0.1) is 4.90 Å². The van der Waals surface area contributed by atoms with Crippen molar-refractivity contribution in [3.8, 4) is 0 Å². The van der Waals surface area contributed by atoms with Crippen molar-refractivity contribution in [1.82, 2.24) is 9.21 Å². The lowest BCUT2D eigenvalue weighted by Crippen LogP contribution is -2.47. The molecule has 33 heavy (non-hydrogen) atoms. The van der Waals surface area contributed by atoms with Gasteiger partial charge in [0.25, 0.3) is 10.0 Å². The number of halogens is 1. The van der Waals surface area contributed by atoms with Gasteiger partial charge in [0.1, 0.15) is 0 Å². The van der Waals surface area contributed by atoms with Crippen molar-refractivity contribution >= 4 is 33.6 Å². The molecule has 8 heteroatoms. The highest BCUT2D eigenvalue weighted by Crippen LogP contribution is 2.19. The maximum atomic E-state index is 12.9. The van der Waals surface area contributed by atoms with Crippen LogP contribution in [-0.2, 0) is 14.8 Å². The lowest BCUT2D eigenvalue weighted by molar-refractivity contribution is -0.128. The van der Waals surface area contributed by atoms with E-state index in [0.717, 1.165) is 17.7 Å². The molecular weight excluding hydrogens is 460 g/mol. The molecule has 188 valence electrons. The summed E-state index contributed by atoms with van der Waals surface area (Å²) in [7, 11) is -2.88. The number of sulfonamides is 1. The lowest BCUT2D eigenvalue weighted by atomic mass is 10.1. The summed E-state index contributed by atoms with van der Waals surface area (Å²) < 4.78 is 26.2. The van der Waals surface area contributed by atoms with Crippen LogP contribution in [0.2, 0.25) is 5.02 Å². The largest absolute Gasteiger partial charge is 0.340 e. The molecule has 0 atom stereocenters. The molecule has 6 nitrogen and oxygen atoms in total. The molecule has 1 rings (SSSR count). The van der Waals surface area contributed by atoms with Crippen LogP contribution < -0.4 is 0 Å². The Labute approximate surface area is 205 Å². The summed E-state index contributed by atoms with van der Waals surface area (Å²) in [5.41, 5.74) is 0. The minimum Gasteiger partial charge on any atom is -0.274 e.